The second-order valence-electron chi connectivity index (χ2n) is 3.49. The molecule has 2 rings (SSSR count). The van der Waals surface area contributed by atoms with E-state index in [4.69, 9.17) is 29.2 Å². The summed E-state index contributed by atoms with van der Waals surface area (Å²) in [6, 6.07) is 7.80. The Kier molecular flexibility index (Phi) is 4.52. The largest absolute Gasteiger partial charge is 0.489 e. The quantitative estimate of drug-likeness (QED) is 0.519. The zero-order valence-electron chi connectivity index (χ0n) is 9.51. The van der Waals surface area contributed by atoms with E-state index >= 15 is 0 Å². The van der Waals surface area contributed by atoms with E-state index in [-0.39, 0.29) is 0 Å². The molecule has 1 saturated heterocycles. The van der Waals surface area contributed by atoms with E-state index in [1.54, 1.807) is 6.08 Å². The van der Waals surface area contributed by atoms with Gasteiger partial charge >= 0.3 is 0 Å². The Bertz CT molecular complexity index is 537. The third-order valence-corrected chi connectivity index (χ3v) is 3.84. The Balaban J connectivity index is 2.28. The number of thioether (sulfide) groups is 1. The minimum atomic E-state index is 0.481. The van der Waals surface area contributed by atoms with Crippen LogP contribution >= 0.6 is 36.2 Å². The standard InChI is InChI=1S/C13H11NOS3/c1-2-7-15-10-6-4-3-5-9(10)8-11-12(16)14-13(17)18-11/h2-6,8H,1,7H2,(H,14,16,17). The highest BCUT2D eigenvalue weighted by Gasteiger charge is 2.18. The van der Waals surface area contributed by atoms with Crippen molar-refractivity contribution in [2.24, 2.45) is 0 Å². The molecule has 1 aliphatic heterocycles. The van der Waals surface area contributed by atoms with Gasteiger partial charge in [-0.15, -0.1) is 0 Å². The van der Waals surface area contributed by atoms with E-state index < -0.39 is 0 Å². The topological polar surface area (TPSA) is 21.3 Å². The van der Waals surface area contributed by atoms with Crippen LogP contribution in [-0.2, 0) is 0 Å². The maximum absolute atomic E-state index is 5.59. The Hall–Kier alpha value is -1.17. The molecule has 5 heteroatoms. The second kappa shape index (κ2) is 6.13. The van der Waals surface area contributed by atoms with Gasteiger partial charge < -0.3 is 10.1 Å². The number of para-hydroxylation sites is 1. The first-order valence-corrected chi connectivity index (χ1v) is 6.91. The average molecular weight is 293 g/mol. The fraction of sp³-hybridized carbons (Fsp3) is 0.0769. The Morgan fingerprint density at radius 2 is 2.11 bits per heavy atom. The Morgan fingerprint density at radius 3 is 2.78 bits per heavy atom. The van der Waals surface area contributed by atoms with E-state index in [1.165, 1.54) is 11.8 Å². The normalized spacial score (nSPS) is 16.8. The van der Waals surface area contributed by atoms with Gasteiger partial charge in [-0.05, 0) is 12.1 Å². The summed E-state index contributed by atoms with van der Waals surface area (Å²) < 4.78 is 6.28. The number of thiocarbonyl (C=S) groups is 2. The van der Waals surface area contributed by atoms with Crippen LogP contribution in [0.4, 0.5) is 0 Å². The van der Waals surface area contributed by atoms with E-state index in [0.29, 0.717) is 15.9 Å². The lowest BCUT2D eigenvalue weighted by Crippen LogP contribution is -2.15. The highest BCUT2D eigenvalue weighted by Crippen LogP contribution is 2.29. The van der Waals surface area contributed by atoms with Crippen LogP contribution in [0.1, 0.15) is 5.56 Å². The Morgan fingerprint density at radius 1 is 1.33 bits per heavy atom. The van der Waals surface area contributed by atoms with Crippen molar-refractivity contribution in [2.75, 3.05) is 6.61 Å². The third-order valence-electron chi connectivity index (χ3n) is 2.20. The lowest BCUT2D eigenvalue weighted by atomic mass is 10.2. The third kappa shape index (κ3) is 3.19. The number of rotatable bonds is 4. The summed E-state index contributed by atoms with van der Waals surface area (Å²) in [6.07, 6.45) is 3.70. The molecule has 0 aliphatic carbocycles. The fourth-order valence-electron chi connectivity index (χ4n) is 1.44. The van der Waals surface area contributed by atoms with Gasteiger partial charge in [0.15, 0.2) is 0 Å². The molecular formula is C13H11NOS3. The molecule has 0 saturated carbocycles. The molecule has 0 bridgehead atoms. The molecule has 0 aromatic heterocycles. The molecule has 92 valence electrons. The first-order valence-electron chi connectivity index (χ1n) is 5.28. The monoisotopic (exact) mass is 293 g/mol. The number of hydrogen-bond acceptors (Lipinski definition) is 4. The highest BCUT2D eigenvalue weighted by atomic mass is 32.2. The van der Waals surface area contributed by atoms with Gasteiger partial charge in [-0.25, -0.2) is 0 Å². The van der Waals surface area contributed by atoms with Gasteiger partial charge in [0.25, 0.3) is 0 Å². The fourth-order valence-corrected chi connectivity index (χ4v) is 2.91. The van der Waals surface area contributed by atoms with Crippen LogP contribution in [-0.4, -0.2) is 15.9 Å². The molecule has 2 nitrogen and oxygen atoms in total. The number of benzene rings is 1. The minimum Gasteiger partial charge on any atom is -0.489 e. The molecule has 18 heavy (non-hydrogen) atoms. The van der Waals surface area contributed by atoms with Gasteiger partial charge in [-0.3, -0.25) is 0 Å². The van der Waals surface area contributed by atoms with Crippen molar-refractivity contribution in [2.45, 2.75) is 0 Å². The average Bonchev–Trinajstić information content (AvgIpc) is 2.67. The van der Waals surface area contributed by atoms with E-state index in [0.717, 1.165) is 16.2 Å². The van der Waals surface area contributed by atoms with Crippen molar-refractivity contribution < 1.29 is 4.74 Å². The number of ether oxygens (including phenoxy) is 1. The lowest BCUT2D eigenvalue weighted by Gasteiger charge is -2.07. The zero-order valence-corrected chi connectivity index (χ0v) is 12.0. The SMILES string of the molecule is C=CCOc1ccccc1C=C1SC(=S)NC1=S. The molecular weight excluding hydrogens is 282 g/mol. The predicted octanol–water partition coefficient (Wildman–Crippen LogP) is 3.54. The van der Waals surface area contributed by atoms with Crippen LogP contribution in [0.2, 0.25) is 0 Å². The van der Waals surface area contributed by atoms with Crippen LogP contribution in [0.5, 0.6) is 5.75 Å². The maximum Gasteiger partial charge on any atom is 0.143 e. The van der Waals surface area contributed by atoms with Gasteiger partial charge in [0.1, 0.15) is 21.7 Å². The molecule has 0 unspecified atom stereocenters. The molecule has 1 heterocycles. The lowest BCUT2D eigenvalue weighted by molar-refractivity contribution is 0.362. The van der Waals surface area contributed by atoms with Crippen LogP contribution in [0.25, 0.3) is 6.08 Å². The zero-order chi connectivity index (χ0) is 13.0. The number of hydrogen-bond donors (Lipinski definition) is 1. The molecule has 0 spiro atoms. The van der Waals surface area contributed by atoms with Crippen molar-refractivity contribution in [3.05, 3.63) is 47.4 Å². The van der Waals surface area contributed by atoms with Gasteiger partial charge in [-0.2, -0.15) is 0 Å². The summed E-state index contributed by atoms with van der Waals surface area (Å²) in [4.78, 5) is 1.62. The summed E-state index contributed by atoms with van der Waals surface area (Å²) >= 11 is 11.7. The maximum atomic E-state index is 5.59. The molecule has 0 radical (unpaired) electrons. The summed E-state index contributed by atoms with van der Waals surface area (Å²) in [5, 5.41) is 2.95. The first-order chi connectivity index (χ1) is 8.70. The summed E-state index contributed by atoms with van der Waals surface area (Å²) in [7, 11) is 0. The van der Waals surface area contributed by atoms with Crippen molar-refractivity contribution in [3.8, 4) is 5.75 Å². The highest BCUT2D eigenvalue weighted by molar-refractivity contribution is 8.27. The van der Waals surface area contributed by atoms with Crippen LogP contribution in [0, 0.1) is 0 Å². The Labute approximate surface area is 121 Å². The molecule has 0 amide bonds. The number of nitrogens with one attached hydrogen (secondary N) is 1. The molecule has 1 fully saturated rings. The molecule has 1 aliphatic rings. The molecule has 0 atom stereocenters. The van der Waals surface area contributed by atoms with Gasteiger partial charge in [0.05, 0.1) is 4.91 Å². The van der Waals surface area contributed by atoms with Crippen molar-refractivity contribution in [3.63, 3.8) is 0 Å². The molecule has 1 aromatic carbocycles. The second-order valence-corrected chi connectivity index (χ2v) is 5.62. The van der Waals surface area contributed by atoms with Crippen LogP contribution in [0.15, 0.2) is 41.8 Å². The summed E-state index contributed by atoms with van der Waals surface area (Å²) in [5.74, 6) is 0.811. The molecule has 1 aromatic rings. The van der Waals surface area contributed by atoms with Crippen molar-refractivity contribution in [1.82, 2.24) is 5.32 Å². The van der Waals surface area contributed by atoms with Gasteiger partial charge in [0, 0.05) is 5.56 Å². The van der Waals surface area contributed by atoms with E-state index in [2.05, 4.69) is 11.9 Å². The van der Waals surface area contributed by atoms with Gasteiger partial charge in [-0.1, -0.05) is 67.1 Å². The van der Waals surface area contributed by atoms with Gasteiger partial charge in [0.2, 0.25) is 0 Å². The van der Waals surface area contributed by atoms with E-state index in [1.807, 2.05) is 30.3 Å². The van der Waals surface area contributed by atoms with Crippen molar-refractivity contribution >= 4 is 51.6 Å². The van der Waals surface area contributed by atoms with Crippen molar-refractivity contribution in [1.29, 1.82) is 0 Å². The van der Waals surface area contributed by atoms with E-state index in [9.17, 15) is 0 Å². The molecule has 1 N–H and O–H groups in total. The predicted molar refractivity (Wildman–Crippen MR) is 86.0 cm³/mol. The smallest absolute Gasteiger partial charge is 0.143 e. The summed E-state index contributed by atoms with van der Waals surface area (Å²) in [6.45, 7) is 4.12. The van der Waals surface area contributed by atoms with Crippen LogP contribution < -0.4 is 10.1 Å². The van der Waals surface area contributed by atoms with Crippen LogP contribution in [0.3, 0.4) is 0 Å². The first kappa shape index (κ1) is 13.3. The minimum absolute atomic E-state index is 0.481. The summed E-state index contributed by atoms with van der Waals surface area (Å²) in [5.41, 5.74) is 0.982.